The van der Waals surface area contributed by atoms with Crippen LogP contribution in [0.4, 0.5) is 5.13 Å². The average molecular weight is 288 g/mol. The predicted molar refractivity (Wildman–Crippen MR) is 74.3 cm³/mol. The summed E-state index contributed by atoms with van der Waals surface area (Å²) in [6.07, 6.45) is 3.55. The van der Waals surface area contributed by atoms with E-state index in [2.05, 4.69) is 15.3 Å². The van der Waals surface area contributed by atoms with Gasteiger partial charge in [0.25, 0.3) is 5.91 Å². The molecular weight excluding hydrogens is 276 g/mol. The molecule has 3 heterocycles. The van der Waals surface area contributed by atoms with Crippen LogP contribution in [0.1, 0.15) is 22.5 Å². The molecule has 1 aliphatic heterocycles. The minimum atomic E-state index is -0.142. The van der Waals surface area contributed by atoms with Crippen LogP contribution in [0.25, 0.3) is 0 Å². The lowest BCUT2D eigenvalue weighted by Crippen LogP contribution is -2.28. The summed E-state index contributed by atoms with van der Waals surface area (Å²) in [5.41, 5.74) is 1.41. The number of rotatable bonds is 4. The quantitative estimate of drug-likeness (QED) is 0.925. The van der Waals surface area contributed by atoms with Crippen molar-refractivity contribution in [2.24, 2.45) is 0 Å². The molecule has 0 aliphatic carbocycles. The standard InChI is InChI=1S/C13H12N4O2S/c18-11(16-13-15-5-7-20-13)3-6-17-8-10-9(12(17)19)2-1-4-14-10/h1-2,4-5,7H,3,6,8H2,(H,15,16,18). The number of carbonyl (C=O) groups excluding carboxylic acids is 2. The van der Waals surface area contributed by atoms with E-state index in [1.807, 2.05) is 0 Å². The number of fused-ring (bicyclic) bond motifs is 1. The van der Waals surface area contributed by atoms with Gasteiger partial charge in [-0.05, 0) is 12.1 Å². The molecule has 0 saturated heterocycles. The van der Waals surface area contributed by atoms with Crippen molar-refractivity contribution in [1.82, 2.24) is 14.9 Å². The Labute approximate surface area is 119 Å². The summed E-state index contributed by atoms with van der Waals surface area (Å²) >= 11 is 1.37. The molecule has 102 valence electrons. The van der Waals surface area contributed by atoms with E-state index in [0.717, 1.165) is 5.69 Å². The van der Waals surface area contributed by atoms with Crippen LogP contribution in [0.2, 0.25) is 0 Å². The van der Waals surface area contributed by atoms with Gasteiger partial charge in [-0.1, -0.05) is 0 Å². The first-order valence-corrected chi connectivity index (χ1v) is 7.04. The molecule has 2 amide bonds. The summed E-state index contributed by atoms with van der Waals surface area (Å²) < 4.78 is 0. The first-order chi connectivity index (χ1) is 9.74. The number of nitrogens with one attached hydrogen (secondary N) is 1. The van der Waals surface area contributed by atoms with Crippen molar-refractivity contribution < 1.29 is 9.59 Å². The number of aromatic nitrogens is 2. The van der Waals surface area contributed by atoms with Crippen LogP contribution < -0.4 is 5.32 Å². The largest absolute Gasteiger partial charge is 0.332 e. The molecule has 0 unspecified atom stereocenters. The molecule has 2 aromatic rings. The number of thiazole rings is 1. The Kier molecular flexibility index (Phi) is 3.42. The fourth-order valence-corrected chi connectivity index (χ4v) is 2.61. The van der Waals surface area contributed by atoms with Crippen LogP contribution in [0.3, 0.4) is 0 Å². The van der Waals surface area contributed by atoms with Gasteiger partial charge in [-0.25, -0.2) is 4.98 Å². The fraction of sp³-hybridized carbons (Fsp3) is 0.231. The topological polar surface area (TPSA) is 75.2 Å². The van der Waals surface area contributed by atoms with Crippen molar-refractivity contribution in [1.29, 1.82) is 0 Å². The van der Waals surface area contributed by atoms with E-state index >= 15 is 0 Å². The van der Waals surface area contributed by atoms with Gasteiger partial charge in [0.2, 0.25) is 5.91 Å². The van der Waals surface area contributed by atoms with E-state index in [1.54, 1.807) is 34.8 Å². The molecule has 20 heavy (non-hydrogen) atoms. The molecule has 0 bridgehead atoms. The van der Waals surface area contributed by atoms with Gasteiger partial charge >= 0.3 is 0 Å². The number of hydrogen-bond donors (Lipinski definition) is 1. The van der Waals surface area contributed by atoms with Crippen LogP contribution in [0.5, 0.6) is 0 Å². The number of nitrogens with zero attached hydrogens (tertiary/aromatic N) is 3. The van der Waals surface area contributed by atoms with Crippen molar-refractivity contribution in [2.45, 2.75) is 13.0 Å². The Morgan fingerprint density at radius 1 is 1.40 bits per heavy atom. The van der Waals surface area contributed by atoms with Gasteiger partial charge in [-0.15, -0.1) is 11.3 Å². The lowest BCUT2D eigenvalue weighted by atomic mass is 10.2. The lowest BCUT2D eigenvalue weighted by Gasteiger charge is -2.14. The Bertz CT molecular complexity index is 642. The highest BCUT2D eigenvalue weighted by molar-refractivity contribution is 7.13. The zero-order valence-electron chi connectivity index (χ0n) is 10.6. The highest BCUT2D eigenvalue weighted by Gasteiger charge is 2.28. The molecular formula is C13H12N4O2S. The molecule has 0 saturated carbocycles. The molecule has 6 nitrogen and oxygen atoms in total. The van der Waals surface area contributed by atoms with Crippen molar-refractivity contribution in [3.05, 3.63) is 41.2 Å². The van der Waals surface area contributed by atoms with Gasteiger partial charge in [0.15, 0.2) is 5.13 Å². The first kappa shape index (κ1) is 12.7. The molecule has 0 spiro atoms. The van der Waals surface area contributed by atoms with E-state index < -0.39 is 0 Å². The SMILES string of the molecule is O=C(CCN1Cc2ncccc2C1=O)Nc1nccs1. The molecule has 2 aromatic heterocycles. The summed E-state index contributed by atoms with van der Waals surface area (Å²) in [5.74, 6) is -0.202. The van der Waals surface area contributed by atoms with Crippen LogP contribution in [-0.4, -0.2) is 33.2 Å². The van der Waals surface area contributed by atoms with Crippen LogP contribution >= 0.6 is 11.3 Å². The second-order valence-electron chi connectivity index (χ2n) is 4.36. The second kappa shape index (κ2) is 5.38. The summed E-state index contributed by atoms with van der Waals surface area (Å²) in [7, 11) is 0. The molecule has 3 rings (SSSR count). The van der Waals surface area contributed by atoms with Crippen molar-refractivity contribution in [3.8, 4) is 0 Å². The van der Waals surface area contributed by atoms with Gasteiger partial charge in [0.1, 0.15) is 0 Å². The third kappa shape index (κ3) is 2.53. The highest BCUT2D eigenvalue weighted by atomic mass is 32.1. The number of hydrogen-bond acceptors (Lipinski definition) is 5. The summed E-state index contributed by atoms with van der Waals surface area (Å²) in [6.45, 7) is 0.853. The third-order valence-electron chi connectivity index (χ3n) is 3.04. The third-order valence-corrected chi connectivity index (χ3v) is 3.72. The van der Waals surface area contributed by atoms with E-state index in [0.29, 0.717) is 23.8 Å². The highest BCUT2D eigenvalue weighted by Crippen LogP contribution is 2.20. The zero-order chi connectivity index (χ0) is 13.9. The average Bonchev–Trinajstić information content (AvgIpc) is 3.06. The van der Waals surface area contributed by atoms with E-state index in [-0.39, 0.29) is 18.2 Å². The molecule has 0 aromatic carbocycles. The van der Waals surface area contributed by atoms with Gasteiger partial charge in [0.05, 0.1) is 17.8 Å². The minimum absolute atomic E-state index is 0.0600. The van der Waals surface area contributed by atoms with Crippen molar-refractivity contribution in [3.63, 3.8) is 0 Å². The monoisotopic (exact) mass is 288 g/mol. The second-order valence-corrected chi connectivity index (χ2v) is 5.25. The van der Waals surface area contributed by atoms with Crippen molar-refractivity contribution in [2.75, 3.05) is 11.9 Å². The van der Waals surface area contributed by atoms with E-state index in [4.69, 9.17) is 0 Å². The summed E-state index contributed by atoms with van der Waals surface area (Å²) in [5, 5.41) is 5.07. The maximum Gasteiger partial charge on any atom is 0.256 e. The van der Waals surface area contributed by atoms with E-state index in [1.165, 1.54) is 11.3 Å². The molecule has 7 heteroatoms. The Morgan fingerprint density at radius 2 is 2.30 bits per heavy atom. The molecule has 0 atom stereocenters. The first-order valence-electron chi connectivity index (χ1n) is 6.16. The smallest absolute Gasteiger partial charge is 0.256 e. The normalized spacial score (nSPS) is 13.4. The summed E-state index contributed by atoms with van der Waals surface area (Å²) in [4.78, 5) is 33.6. The minimum Gasteiger partial charge on any atom is -0.332 e. The number of pyridine rings is 1. The molecule has 1 aliphatic rings. The molecule has 0 fully saturated rings. The predicted octanol–water partition coefficient (Wildman–Crippen LogP) is 1.52. The van der Waals surface area contributed by atoms with Crippen LogP contribution in [0, 0.1) is 0 Å². The van der Waals surface area contributed by atoms with Gasteiger partial charge in [-0.2, -0.15) is 0 Å². The number of amides is 2. The zero-order valence-corrected chi connectivity index (χ0v) is 11.4. The molecule has 1 N–H and O–H groups in total. The maximum atomic E-state index is 12.1. The van der Waals surface area contributed by atoms with Crippen LogP contribution in [-0.2, 0) is 11.3 Å². The maximum absolute atomic E-state index is 12.1. The number of anilines is 1. The van der Waals surface area contributed by atoms with Gasteiger partial charge < -0.3 is 10.2 Å². The Balaban J connectivity index is 1.55. The van der Waals surface area contributed by atoms with Gasteiger partial charge in [0, 0.05) is 30.7 Å². The Hall–Kier alpha value is -2.28. The molecule has 0 radical (unpaired) electrons. The fourth-order valence-electron chi connectivity index (χ4n) is 2.07. The van der Waals surface area contributed by atoms with E-state index in [9.17, 15) is 9.59 Å². The number of carbonyl (C=O) groups is 2. The lowest BCUT2D eigenvalue weighted by molar-refractivity contribution is -0.116. The van der Waals surface area contributed by atoms with Crippen LogP contribution in [0.15, 0.2) is 29.9 Å². The van der Waals surface area contributed by atoms with Crippen molar-refractivity contribution >= 4 is 28.3 Å². The van der Waals surface area contributed by atoms with Gasteiger partial charge in [-0.3, -0.25) is 14.6 Å². The summed E-state index contributed by atoms with van der Waals surface area (Å²) in [6, 6.07) is 3.51. The Morgan fingerprint density at radius 3 is 3.05 bits per heavy atom.